The van der Waals surface area contributed by atoms with Crippen LogP contribution in [0.2, 0.25) is 0 Å². The highest BCUT2D eigenvalue weighted by Crippen LogP contribution is 2.49. The topological polar surface area (TPSA) is 91.3 Å². The first-order valence-corrected chi connectivity index (χ1v) is 9.86. The summed E-state index contributed by atoms with van der Waals surface area (Å²) in [6.07, 6.45) is 2.59. The molecule has 7 heteroatoms. The number of fused-ring (bicyclic) bond motifs is 3. The molecule has 0 amide bonds. The molecule has 3 heterocycles. The summed E-state index contributed by atoms with van der Waals surface area (Å²) >= 11 is 0. The quantitative estimate of drug-likeness (QED) is 0.434. The summed E-state index contributed by atoms with van der Waals surface area (Å²) in [7, 11) is 1.53. The van der Waals surface area contributed by atoms with Gasteiger partial charge in [-0.05, 0) is 25.8 Å². The molecule has 2 fully saturated rings. The van der Waals surface area contributed by atoms with Crippen LogP contribution in [0.4, 0.5) is 0 Å². The van der Waals surface area contributed by atoms with Gasteiger partial charge in [0.1, 0.15) is 12.2 Å². The van der Waals surface area contributed by atoms with E-state index in [1.54, 1.807) is 6.08 Å². The Labute approximate surface area is 165 Å². The Morgan fingerprint density at radius 2 is 2.18 bits per heavy atom. The molecule has 0 aliphatic carbocycles. The standard InChI is InChI=1S/C21H30O7/c1-6-12(2)18(23)27-16-10-20(4)7-8-21(25-5,28-20)14(11-22)9-15-17(16)13(3)19(24)26-15/h9,12,15-17,22H,3,6-8,10-11H2,1-2,4-5H3/b14-9-/t12-,15+,16+,17-,20-,21+/m0/s1. The first-order valence-electron chi connectivity index (χ1n) is 9.86. The number of hydrogen-bond donors (Lipinski definition) is 1. The van der Waals surface area contributed by atoms with Crippen molar-refractivity contribution < 1.29 is 33.6 Å². The largest absolute Gasteiger partial charge is 0.461 e. The molecule has 0 unspecified atom stereocenters. The molecule has 0 saturated carbocycles. The maximum atomic E-state index is 12.6. The molecule has 28 heavy (non-hydrogen) atoms. The highest BCUT2D eigenvalue weighted by molar-refractivity contribution is 5.91. The van der Waals surface area contributed by atoms with Crippen molar-refractivity contribution in [1.82, 2.24) is 0 Å². The van der Waals surface area contributed by atoms with Gasteiger partial charge in [-0.15, -0.1) is 0 Å². The van der Waals surface area contributed by atoms with Crippen molar-refractivity contribution >= 4 is 11.9 Å². The van der Waals surface area contributed by atoms with Crippen molar-refractivity contribution in [3.63, 3.8) is 0 Å². The van der Waals surface area contributed by atoms with E-state index in [9.17, 15) is 14.7 Å². The van der Waals surface area contributed by atoms with Crippen molar-refractivity contribution in [3.05, 3.63) is 23.8 Å². The molecule has 3 rings (SSSR count). The first-order chi connectivity index (χ1) is 13.2. The van der Waals surface area contributed by atoms with Gasteiger partial charge < -0.3 is 24.1 Å². The minimum Gasteiger partial charge on any atom is -0.461 e. The number of esters is 2. The fourth-order valence-corrected chi connectivity index (χ4v) is 4.35. The monoisotopic (exact) mass is 394 g/mol. The second kappa shape index (κ2) is 7.61. The lowest BCUT2D eigenvalue weighted by Gasteiger charge is -2.35. The first kappa shape index (κ1) is 21.0. The van der Waals surface area contributed by atoms with Gasteiger partial charge in [-0.25, -0.2) is 4.79 Å². The Bertz CT molecular complexity index is 699. The number of aliphatic hydroxyl groups excluding tert-OH is 1. The van der Waals surface area contributed by atoms with E-state index < -0.39 is 35.5 Å². The van der Waals surface area contributed by atoms with E-state index in [4.69, 9.17) is 18.9 Å². The molecule has 6 atom stereocenters. The molecule has 7 nitrogen and oxygen atoms in total. The zero-order valence-electron chi connectivity index (χ0n) is 17.0. The molecular weight excluding hydrogens is 364 g/mol. The maximum absolute atomic E-state index is 12.6. The lowest BCUT2D eigenvalue weighted by atomic mass is 9.81. The summed E-state index contributed by atoms with van der Waals surface area (Å²) in [5.41, 5.74) is 0.129. The Morgan fingerprint density at radius 3 is 2.79 bits per heavy atom. The third-order valence-corrected chi connectivity index (χ3v) is 6.33. The van der Waals surface area contributed by atoms with Crippen LogP contribution in [-0.2, 0) is 28.5 Å². The molecule has 0 spiro atoms. The lowest BCUT2D eigenvalue weighted by molar-refractivity contribution is -0.221. The van der Waals surface area contributed by atoms with E-state index in [2.05, 4.69) is 6.58 Å². The van der Waals surface area contributed by atoms with Gasteiger partial charge >= 0.3 is 11.9 Å². The van der Waals surface area contributed by atoms with Gasteiger partial charge in [0.05, 0.1) is 24.0 Å². The van der Waals surface area contributed by atoms with Crippen LogP contribution in [0, 0.1) is 11.8 Å². The van der Waals surface area contributed by atoms with E-state index in [0.717, 1.165) is 0 Å². The molecule has 0 aromatic carbocycles. The molecule has 156 valence electrons. The number of ether oxygens (including phenoxy) is 4. The van der Waals surface area contributed by atoms with Gasteiger partial charge in [0.15, 0.2) is 5.79 Å². The second-order valence-corrected chi connectivity index (χ2v) is 8.27. The minimum absolute atomic E-state index is 0.253. The lowest BCUT2D eigenvalue weighted by Crippen LogP contribution is -2.41. The van der Waals surface area contributed by atoms with Crippen LogP contribution in [0.5, 0.6) is 0 Å². The van der Waals surface area contributed by atoms with Crippen LogP contribution in [-0.4, -0.2) is 54.4 Å². The third kappa shape index (κ3) is 3.51. The zero-order chi connectivity index (χ0) is 20.7. The zero-order valence-corrected chi connectivity index (χ0v) is 17.0. The summed E-state index contributed by atoms with van der Waals surface area (Å²) < 4.78 is 23.4. The van der Waals surface area contributed by atoms with Crippen LogP contribution >= 0.6 is 0 Å². The number of rotatable bonds is 5. The molecule has 3 aliphatic rings. The van der Waals surface area contributed by atoms with Crippen LogP contribution < -0.4 is 0 Å². The summed E-state index contributed by atoms with van der Waals surface area (Å²) in [6, 6.07) is 0. The van der Waals surface area contributed by atoms with Crippen LogP contribution in [0.25, 0.3) is 0 Å². The highest BCUT2D eigenvalue weighted by atomic mass is 16.7. The predicted octanol–water partition coefficient (Wildman–Crippen LogP) is 2.28. The Balaban J connectivity index is 2.05. The summed E-state index contributed by atoms with van der Waals surface area (Å²) in [4.78, 5) is 24.8. The molecule has 2 saturated heterocycles. The normalized spacial score (nSPS) is 40.5. The average molecular weight is 394 g/mol. The van der Waals surface area contributed by atoms with Crippen molar-refractivity contribution in [2.24, 2.45) is 11.8 Å². The molecule has 1 N–H and O–H groups in total. The number of methoxy groups -OCH3 is 1. The summed E-state index contributed by atoms with van der Waals surface area (Å²) in [5.74, 6) is -2.70. The Hall–Kier alpha value is -1.70. The smallest absolute Gasteiger partial charge is 0.334 e. The third-order valence-electron chi connectivity index (χ3n) is 6.33. The number of aliphatic hydroxyl groups is 1. The number of carbonyl (C=O) groups is 2. The summed E-state index contributed by atoms with van der Waals surface area (Å²) in [6.45, 7) is 9.26. The van der Waals surface area contributed by atoms with Crippen molar-refractivity contribution in [2.75, 3.05) is 13.7 Å². The fourth-order valence-electron chi connectivity index (χ4n) is 4.35. The van der Waals surface area contributed by atoms with Crippen LogP contribution in [0.1, 0.15) is 46.5 Å². The number of carbonyl (C=O) groups excluding carboxylic acids is 2. The Morgan fingerprint density at radius 1 is 1.46 bits per heavy atom. The fraction of sp³-hybridized carbons (Fsp3) is 0.714. The SMILES string of the molecule is C=C1C(=O)O[C@@H]2/C=C(/CO)[C@@]3(OC)CC[C@@](C)(C[C@@H](OC(=O)[C@@H](C)CC)[C@@H]12)O3. The van der Waals surface area contributed by atoms with E-state index in [1.165, 1.54) is 7.11 Å². The van der Waals surface area contributed by atoms with E-state index in [0.29, 0.717) is 31.3 Å². The molecule has 0 aromatic heterocycles. The maximum Gasteiger partial charge on any atom is 0.334 e. The van der Waals surface area contributed by atoms with E-state index in [1.807, 2.05) is 20.8 Å². The van der Waals surface area contributed by atoms with E-state index in [-0.39, 0.29) is 24.1 Å². The Kier molecular flexibility index (Phi) is 5.71. The van der Waals surface area contributed by atoms with Gasteiger partial charge in [0, 0.05) is 31.1 Å². The molecular formula is C21H30O7. The van der Waals surface area contributed by atoms with Crippen molar-refractivity contribution in [2.45, 2.75) is 70.1 Å². The molecule has 0 aromatic rings. The second-order valence-electron chi connectivity index (χ2n) is 8.27. The molecule has 2 bridgehead atoms. The highest BCUT2D eigenvalue weighted by Gasteiger charge is 2.55. The molecule has 0 radical (unpaired) electrons. The summed E-state index contributed by atoms with van der Waals surface area (Å²) in [5, 5.41) is 9.99. The minimum atomic E-state index is -1.08. The van der Waals surface area contributed by atoms with Crippen molar-refractivity contribution in [1.29, 1.82) is 0 Å². The van der Waals surface area contributed by atoms with Gasteiger partial charge in [-0.3, -0.25) is 4.79 Å². The van der Waals surface area contributed by atoms with Gasteiger partial charge in [-0.2, -0.15) is 0 Å². The van der Waals surface area contributed by atoms with Gasteiger partial charge in [-0.1, -0.05) is 20.4 Å². The average Bonchev–Trinajstić information content (AvgIpc) is 3.16. The van der Waals surface area contributed by atoms with E-state index >= 15 is 0 Å². The van der Waals surface area contributed by atoms with Gasteiger partial charge in [0.2, 0.25) is 0 Å². The van der Waals surface area contributed by atoms with Crippen LogP contribution in [0.3, 0.4) is 0 Å². The van der Waals surface area contributed by atoms with Gasteiger partial charge in [0.25, 0.3) is 0 Å². The number of hydrogen-bond acceptors (Lipinski definition) is 7. The predicted molar refractivity (Wildman–Crippen MR) is 100 cm³/mol. The van der Waals surface area contributed by atoms with Crippen LogP contribution in [0.15, 0.2) is 23.8 Å². The molecule has 3 aliphatic heterocycles. The van der Waals surface area contributed by atoms with Crippen molar-refractivity contribution in [3.8, 4) is 0 Å².